The molecule has 10 heteroatoms. The Morgan fingerprint density at radius 3 is 2.17 bits per heavy atom. The van der Waals surface area contributed by atoms with Gasteiger partial charge in [0.15, 0.2) is 6.61 Å². The van der Waals surface area contributed by atoms with Crippen molar-refractivity contribution in [3.63, 3.8) is 0 Å². The van der Waals surface area contributed by atoms with Crippen LogP contribution in [0.3, 0.4) is 0 Å². The van der Waals surface area contributed by atoms with Gasteiger partial charge in [0, 0.05) is 31.8 Å². The van der Waals surface area contributed by atoms with Crippen LogP contribution < -0.4 is 10.1 Å². The van der Waals surface area contributed by atoms with E-state index in [2.05, 4.69) is 5.32 Å². The van der Waals surface area contributed by atoms with Crippen LogP contribution in [-0.4, -0.2) is 43.2 Å². The minimum atomic E-state index is -3.51. The van der Waals surface area contributed by atoms with Gasteiger partial charge in [0.25, 0.3) is 11.6 Å². The number of nitro groups is 1. The topological polar surface area (TPSA) is 119 Å². The van der Waals surface area contributed by atoms with Crippen molar-refractivity contribution >= 4 is 21.6 Å². The summed E-state index contributed by atoms with van der Waals surface area (Å²) in [4.78, 5) is 22.2. The van der Waals surface area contributed by atoms with Crippen LogP contribution in [0, 0.1) is 10.1 Å². The molecule has 0 saturated carbocycles. The van der Waals surface area contributed by atoms with E-state index in [1.807, 2.05) is 0 Å². The third kappa shape index (κ3) is 6.00. The van der Waals surface area contributed by atoms with Gasteiger partial charge in [-0.3, -0.25) is 14.9 Å². The molecule has 0 aromatic heterocycles. The summed E-state index contributed by atoms with van der Waals surface area (Å²) in [7, 11) is -3.51. The zero-order valence-electron chi connectivity index (χ0n) is 16.2. The van der Waals surface area contributed by atoms with Gasteiger partial charge in [0.1, 0.15) is 5.75 Å². The molecule has 1 amide bonds. The first-order valence-corrected chi connectivity index (χ1v) is 10.4. The molecular weight excluding hydrogens is 398 g/mol. The molecule has 1 N–H and O–H groups in total. The van der Waals surface area contributed by atoms with Crippen LogP contribution in [0.4, 0.5) is 5.69 Å². The van der Waals surface area contributed by atoms with Gasteiger partial charge < -0.3 is 10.1 Å². The van der Waals surface area contributed by atoms with Crippen LogP contribution in [0.2, 0.25) is 0 Å². The number of nitrogens with one attached hydrogen (secondary N) is 1. The average Bonchev–Trinajstić information content (AvgIpc) is 2.72. The maximum Gasteiger partial charge on any atom is 0.269 e. The predicted octanol–water partition coefficient (Wildman–Crippen LogP) is 2.32. The summed E-state index contributed by atoms with van der Waals surface area (Å²) in [5, 5.41) is 13.3. The monoisotopic (exact) mass is 421 g/mol. The summed E-state index contributed by atoms with van der Waals surface area (Å²) < 4.78 is 31.6. The molecule has 0 unspecified atom stereocenters. The number of hydrogen-bond acceptors (Lipinski definition) is 6. The highest BCUT2D eigenvalue weighted by molar-refractivity contribution is 7.89. The van der Waals surface area contributed by atoms with Gasteiger partial charge in [-0.1, -0.05) is 26.0 Å². The van der Waals surface area contributed by atoms with Gasteiger partial charge >= 0.3 is 0 Å². The summed E-state index contributed by atoms with van der Waals surface area (Å²) in [6.07, 6.45) is 0. The molecule has 0 saturated heterocycles. The maximum absolute atomic E-state index is 12.5. The van der Waals surface area contributed by atoms with E-state index < -0.39 is 14.9 Å². The largest absolute Gasteiger partial charge is 0.484 e. The molecular formula is C19H23N3O6S. The molecule has 9 nitrogen and oxygen atoms in total. The molecule has 0 bridgehead atoms. The van der Waals surface area contributed by atoms with E-state index in [9.17, 15) is 23.3 Å². The van der Waals surface area contributed by atoms with Crippen molar-refractivity contribution in [3.05, 3.63) is 64.2 Å². The van der Waals surface area contributed by atoms with Crippen molar-refractivity contribution < 1.29 is 22.9 Å². The van der Waals surface area contributed by atoms with Crippen molar-refractivity contribution in [1.29, 1.82) is 0 Å². The summed E-state index contributed by atoms with van der Waals surface area (Å²) >= 11 is 0. The Morgan fingerprint density at radius 1 is 1.07 bits per heavy atom. The lowest BCUT2D eigenvalue weighted by Gasteiger charge is -2.18. The Kier molecular flexibility index (Phi) is 7.68. The maximum atomic E-state index is 12.5. The van der Waals surface area contributed by atoms with E-state index in [4.69, 9.17) is 4.74 Å². The first-order chi connectivity index (χ1) is 13.8. The fraction of sp³-hybridized carbons (Fsp3) is 0.316. The zero-order valence-corrected chi connectivity index (χ0v) is 17.0. The number of carbonyl (C=O) groups excluding carboxylic acids is 1. The van der Waals surface area contributed by atoms with Gasteiger partial charge in [0.2, 0.25) is 10.0 Å². The van der Waals surface area contributed by atoms with Gasteiger partial charge in [0.05, 0.1) is 9.82 Å². The Labute approximate surface area is 169 Å². The zero-order chi connectivity index (χ0) is 21.4. The number of nitro benzene ring substituents is 1. The molecule has 0 fully saturated rings. The molecule has 0 aliphatic rings. The van der Waals surface area contributed by atoms with Crippen LogP contribution in [0.1, 0.15) is 19.4 Å². The number of amides is 1. The third-order valence-corrected chi connectivity index (χ3v) is 6.24. The van der Waals surface area contributed by atoms with E-state index >= 15 is 0 Å². The molecule has 2 aromatic rings. The highest BCUT2D eigenvalue weighted by Crippen LogP contribution is 2.18. The van der Waals surface area contributed by atoms with Gasteiger partial charge in [-0.15, -0.1) is 0 Å². The molecule has 0 spiro atoms. The fourth-order valence-corrected chi connectivity index (χ4v) is 4.01. The molecule has 0 atom stereocenters. The molecule has 2 aromatic carbocycles. The van der Waals surface area contributed by atoms with Crippen LogP contribution >= 0.6 is 0 Å². The second-order valence-electron chi connectivity index (χ2n) is 6.05. The van der Waals surface area contributed by atoms with Crippen molar-refractivity contribution in [3.8, 4) is 5.75 Å². The lowest BCUT2D eigenvalue weighted by molar-refractivity contribution is -0.384. The number of benzene rings is 2. The van der Waals surface area contributed by atoms with Crippen molar-refractivity contribution in [2.24, 2.45) is 0 Å². The van der Waals surface area contributed by atoms with Crippen molar-refractivity contribution in [2.75, 3.05) is 19.7 Å². The van der Waals surface area contributed by atoms with Crippen LogP contribution in [0.5, 0.6) is 5.75 Å². The molecule has 156 valence electrons. The van der Waals surface area contributed by atoms with Crippen molar-refractivity contribution in [1.82, 2.24) is 9.62 Å². The second-order valence-corrected chi connectivity index (χ2v) is 7.99. The molecule has 2 rings (SSSR count). The van der Waals surface area contributed by atoms with Gasteiger partial charge in [-0.05, 0) is 29.8 Å². The minimum absolute atomic E-state index is 0.0618. The highest BCUT2D eigenvalue weighted by atomic mass is 32.2. The SMILES string of the molecule is CCN(CC)S(=O)(=O)c1ccc(CNC(=O)COc2ccc([N+](=O)[O-])cc2)cc1. The minimum Gasteiger partial charge on any atom is -0.484 e. The number of ether oxygens (including phenoxy) is 1. The first-order valence-electron chi connectivity index (χ1n) is 9.01. The molecule has 0 radical (unpaired) electrons. The van der Waals surface area contributed by atoms with E-state index in [0.29, 0.717) is 18.8 Å². The first kappa shape index (κ1) is 22.3. The third-order valence-electron chi connectivity index (χ3n) is 4.17. The lowest BCUT2D eigenvalue weighted by atomic mass is 10.2. The van der Waals surface area contributed by atoms with Crippen molar-refractivity contribution in [2.45, 2.75) is 25.3 Å². The number of sulfonamides is 1. The summed E-state index contributed by atoms with van der Waals surface area (Å²) in [6.45, 7) is 4.32. The van der Waals surface area contributed by atoms with Gasteiger partial charge in [-0.2, -0.15) is 4.31 Å². The summed E-state index contributed by atoms with van der Waals surface area (Å²) in [5.41, 5.74) is 0.681. The van der Waals surface area contributed by atoms with E-state index in [-0.39, 0.29) is 29.6 Å². The number of hydrogen-bond donors (Lipinski definition) is 1. The smallest absolute Gasteiger partial charge is 0.269 e. The lowest BCUT2D eigenvalue weighted by Crippen LogP contribution is -2.30. The van der Waals surface area contributed by atoms with E-state index in [1.54, 1.807) is 26.0 Å². The fourth-order valence-electron chi connectivity index (χ4n) is 2.56. The molecule has 29 heavy (non-hydrogen) atoms. The predicted molar refractivity (Wildman–Crippen MR) is 107 cm³/mol. The van der Waals surface area contributed by atoms with Crippen LogP contribution in [0.25, 0.3) is 0 Å². The van der Waals surface area contributed by atoms with E-state index in [0.717, 1.165) is 5.56 Å². The Hall–Kier alpha value is -2.98. The standard InChI is InChI=1S/C19H23N3O6S/c1-3-21(4-2)29(26,27)18-11-5-15(6-12-18)13-20-19(23)14-28-17-9-7-16(8-10-17)22(24)25/h5-12H,3-4,13-14H2,1-2H3,(H,20,23). The number of non-ortho nitro benzene ring substituents is 1. The number of rotatable bonds is 10. The second kappa shape index (κ2) is 9.99. The Morgan fingerprint density at radius 2 is 1.66 bits per heavy atom. The Balaban J connectivity index is 1.86. The summed E-state index contributed by atoms with van der Waals surface area (Å²) in [6, 6.07) is 11.7. The molecule has 0 aliphatic heterocycles. The summed E-state index contributed by atoms with van der Waals surface area (Å²) in [5.74, 6) is -0.0279. The van der Waals surface area contributed by atoms with Crippen LogP contribution in [-0.2, 0) is 21.4 Å². The van der Waals surface area contributed by atoms with E-state index in [1.165, 1.54) is 40.7 Å². The number of carbonyl (C=O) groups is 1. The molecule has 0 aliphatic carbocycles. The normalized spacial score (nSPS) is 11.3. The number of nitrogens with zero attached hydrogens (tertiary/aromatic N) is 2. The highest BCUT2D eigenvalue weighted by Gasteiger charge is 2.21. The average molecular weight is 421 g/mol. The Bertz CT molecular complexity index is 939. The van der Waals surface area contributed by atoms with Gasteiger partial charge in [-0.25, -0.2) is 8.42 Å². The quantitative estimate of drug-likeness (QED) is 0.464. The molecule has 0 heterocycles. The van der Waals surface area contributed by atoms with Crippen LogP contribution in [0.15, 0.2) is 53.4 Å².